The number of aliphatic carboxylic acids is 1. The van der Waals surface area contributed by atoms with E-state index in [-0.39, 0.29) is 0 Å². The van der Waals surface area contributed by atoms with Crippen LogP contribution in [-0.2, 0) is 4.79 Å². The Labute approximate surface area is 96.7 Å². The van der Waals surface area contributed by atoms with Crippen molar-refractivity contribution in [3.05, 3.63) is 30.3 Å². The molecule has 0 bridgehead atoms. The van der Waals surface area contributed by atoms with E-state index in [2.05, 4.69) is 6.92 Å². The van der Waals surface area contributed by atoms with E-state index in [1.54, 1.807) is 6.92 Å². The van der Waals surface area contributed by atoms with Gasteiger partial charge in [-0.1, -0.05) is 31.5 Å². The van der Waals surface area contributed by atoms with Gasteiger partial charge in [0.05, 0.1) is 0 Å². The molecule has 0 fully saturated rings. The molecule has 88 valence electrons. The molecule has 0 aromatic heterocycles. The Balaban J connectivity index is 2.83. The normalized spacial score (nSPS) is 12.1. The van der Waals surface area contributed by atoms with Crippen LogP contribution in [0.15, 0.2) is 30.3 Å². The molecule has 0 heterocycles. The highest BCUT2D eigenvalue weighted by Crippen LogP contribution is 2.17. The van der Waals surface area contributed by atoms with E-state index in [1.165, 1.54) is 0 Å². The van der Waals surface area contributed by atoms with E-state index in [9.17, 15) is 4.79 Å². The molecule has 1 atom stereocenters. The Morgan fingerprint density at radius 3 is 2.50 bits per heavy atom. The molecule has 0 radical (unpaired) electrons. The molecular weight excluding hydrogens is 202 g/mol. The minimum Gasteiger partial charge on any atom is -0.480 e. The largest absolute Gasteiger partial charge is 0.480 e. The van der Waals surface area contributed by atoms with Gasteiger partial charge in [-0.2, -0.15) is 0 Å². The summed E-state index contributed by atoms with van der Waals surface area (Å²) in [5.41, 5.74) is 0.978. The number of carbonyl (C=O) groups is 1. The summed E-state index contributed by atoms with van der Waals surface area (Å²) in [5.74, 6) is -0.778. The molecule has 0 saturated heterocycles. The molecule has 3 heteroatoms. The third-order valence-electron chi connectivity index (χ3n) is 2.67. The lowest BCUT2D eigenvalue weighted by molar-refractivity contribution is -0.138. The van der Waals surface area contributed by atoms with Crippen molar-refractivity contribution in [1.29, 1.82) is 0 Å². The Bertz CT molecular complexity index is 324. The van der Waals surface area contributed by atoms with Crippen molar-refractivity contribution < 1.29 is 9.90 Å². The van der Waals surface area contributed by atoms with Crippen molar-refractivity contribution in [2.75, 3.05) is 11.4 Å². The number of unbranched alkanes of at least 4 members (excludes halogenated alkanes) is 1. The maximum atomic E-state index is 11.0. The molecule has 1 N–H and O–H groups in total. The van der Waals surface area contributed by atoms with E-state index < -0.39 is 12.0 Å². The number of carboxylic acid groups (broad SMARTS) is 1. The number of nitrogens with zero attached hydrogens (tertiary/aromatic N) is 1. The van der Waals surface area contributed by atoms with Gasteiger partial charge in [-0.05, 0) is 25.5 Å². The molecule has 0 aliphatic carbocycles. The van der Waals surface area contributed by atoms with Crippen LogP contribution in [0.25, 0.3) is 0 Å². The van der Waals surface area contributed by atoms with Crippen LogP contribution in [-0.4, -0.2) is 23.7 Å². The highest BCUT2D eigenvalue weighted by Gasteiger charge is 2.19. The second-order valence-electron chi connectivity index (χ2n) is 3.90. The van der Waals surface area contributed by atoms with Crippen LogP contribution in [0.2, 0.25) is 0 Å². The van der Waals surface area contributed by atoms with E-state index in [1.807, 2.05) is 35.2 Å². The first kappa shape index (κ1) is 12.6. The smallest absolute Gasteiger partial charge is 0.326 e. The average Bonchev–Trinajstić information content (AvgIpc) is 2.30. The lowest BCUT2D eigenvalue weighted by Crippen LogP contribution is -2.39. The first-order chi connectivity index (χ1) is 7.66. The molecule has 0 amide bonds. The van der Waals surface area contributed by atoms with Gasteiger partial charge in [0.25, 0.3) is 0 Å². The summed E-state index contributed by atoms with van der Waals surface area (Å²) >= 11 is 0. The Morgan fingerprint density at radius 1 is 1.38 bits per heavy atom. The van der Waals surface area contributed by atoms with Gasteiger partial charge in [0, 0.05) is 12.2 Å². The van der Waals surface area contributed by atoms with Gasteiger partial charge in [-0.3, -0.25) is 0 Å². The van der Waals surface area contributed by atoms with Gasteiger partial charge < -0.3 is 10.0 Å². The maximum absolute atomic E-state index is 11.0. The lowest BCUT2D eigenvalue weighted by Gasteiger charge is -2.28. The van der Waals surface area contributed by atoms with Crippen molar-refractivity contribution in [1.82, 2.24) is 0 Å². The lowest BCUT2D eigenvalue weighted by atomic mass is 10.2. The fourth-order valence-electron chi connectivity index (χ4n) is 1.63. The number of hydrogen-bond acceptors (Lipinski definition) is 2. The van der Waals surface area contributed by atoms with E-state index in [0.717, 1.165) is 25.1 Å². The van der Waals surface area contributed by atoms with Crippen LogP contribution in [0, 0.1) is 0 Å². The minimum atomic E-state index is -0.778. The van der Waals surface area contributed by atoms with E-state index in [4.69, 9.17) is 5.11 Å². The molecule has 0 saturated carbocycles. The molecule has 0 aliphatic heterocycles. The Morgan fingerprint density at radius 2 is 2.00 bits per heavy atom. The summed E-state index contributed by atoms with van der Waals surface area (Å²) < 4.78 is 0. The number of benzene rings is 1. The highest BCUT2D eigenvalue weighted by molar-refractivity contribution is 5.77. The third-order valence-corrected chi connectivity index (χ3v) is 2.67. The first-order valence-corrected chi connectivity index (χ1v) is 5.71. The first-order valence-electron chi connectivity index (χ1n) is 5.71. The summed E-state index contributed by atoms with van der Waals surface area (Å²) in [5, 5.41) is 9.07. The molecule has 16 heavy (non-hydrogen) atoms. The quantitative estimate of drug-likeness (QED) is 0.803. The predicted octanol–water partition coefficient (Wildman–Crippen LogP) is 2.77. The van der Waals surface area contributed by atoms with Gasteiger partial charge >= 0.3 is 5.97 Å². The average molecular weight is 221 g/mol. The van der Waals surface area contributed by atoms with Crippen molar-refractivity contribution in [2.24, 2.45) is 0 Å². The van der Waals surface area contributed by atoms with Crippen molar-refractivity contribution in [3.8, 4) is 0 Å². The van der Waals surface area contributed by atoms with Gasteiger partial charge in [0.2, 0.25) is 0 Å². The maximum Gasteiger partial charge on any atom is 0.326 e. The summed E-state index contributed by atoms with van der Waals surface area (Å²) in [6.07, 6.45) is 2.07. The molecule has 1 rings (SSSR count). The second-order valence-corrected chi connectivity index (χ2v) is 3.90. The molecular formula is C13H19NO2. The SMILES string of the molecule is CCCCN(c1ccccc1)C(C)C(=O)O. The van der Waals surface area contributed by atoms with Crippen molar-refractivity contribution in [3.63, 3.8) is 0 Å². The molecule has 3 nitrogen and oxygen atoms in total. The number of carboxylic acids is 1. The summed E-state index contributed by atoms with van der Waals surface area (Å²) in [4.78, 5) is 13.0. The number of anilines is 1. The topological polar surface area (TPSA) is 40.5 Å². The van der Waals surface area contributed by atoms with Gasteiger partial charge in [-0.25, -0.2) is 4.79 Å². The zero-order valence-corrected chi connectivity index (χ0v) is 9.89. The fourth-order valence-corrected chi connectivity index (χ4v) is 1.63. The monoisotopic (exact) mass is 221 g/mol. The van der Waals surface area contributed by atoms with Crippen molar-refractivity contribution >= 4 is 11.7 Å². The predicted molar refractivity (Wildman–Crippen MR) is 65.8 cm³/mol. The van der Waals surface area contributed by atoms with Crippen molar-refractivity contribution in [2.45, 2.75) is 32.7 Å². The van der Waals surface area contributed by atoms with Crippen LogP contribution >= 0.6 is 0 Å². The van der Waals surface area contributed by atoms with Gasteiger partial charge in [0.15, 0.2) is 0 Å². The molecule has 0 spiro atoms. The number of para-hydroxylation sites is 1. The molecule has 1 aromatic rings. The zero-order chi connectivity index (χ0) is 12.0. The van der Waals surface area contributed by atoms with Gasteiger partial charge in [-0.15, -0.1) is 0 Å². The molecule has 0 aliphatic rings. The Hall–Kier alpha value is -1.51. The second kappa shape index (κ2) is 6.16. The van der Waals surface area contributed by atoms with E-state index in [0.29, 0.717) is 0 Å². The number of hydrogen-bond donors (Lipinski definition) is 1. The van der Waals surface area contributed by atoms with Crippen LogP contribution < -0.4 is 4.90 Å². The molecule has 1 unspecified atom stereocenters. The van der Waals surface area contributed by atoms with Gasteiger partial charge in [0.1, 0.15) is 6.04 Å². The minimum absolute atomic E-state index is 0.478. The summed E-state index contributed by atoms with van der Waals surface area (Å²) in [6.45, 7) is 4.62. The number of rotatable bonds is 6. The highest BCUT2D eigenvalue weighted by atomic mass is 16.4. The van der Waals surface area contributed by atoms with Crippen LogP contribution in [0.4, 0.5) is 5.69 Å². The van der Waals surface area contributed by atoms with Crippen LogP contribution in [0.1, 0.15) is 26.7 Å². The molecule has 1 aromatic carbocycles. The summed E-state index contributed by atoms with van der Waals surface area (Å²) in [6, 6.07) is 9.23. The van der Waals surface area contributed by atoms with Crippen LogP contribution in [0.3, 0.4) is 0 Å². The van der Waals surface area contributed by atoms with E-state index >= 15 is 0 Å². The fraction of sp³-hybridized carbons (Fsp3) is 0.462. The summed E-state index contributed by atoms with van der Waals surface area (Å²) in [7, 11) is 0. The third kappa shape index (κ3) is 3.26. The Kier molecular flexibility index (Phi) is 4.83. The zero-order valence-electron chi connectivity index (χ0n) is 9.89. The standard InChI is InChI=1S/C13H19NO2/c1-3-4-10-14(11(2)13(15)16)12-8-6-5-7-9-12/h5-9,11H,3-4,10H2,1-2H3,(H,15,16). The van der Waals surface area contributed by atoms with Crippen LogP contribution in [0.5, 0.6) is 0 Å².